The fourth-order valence-corrected chi connectivity index (χ4v) is 3.78. The molecule has 0 spiro atoms. The molecule has 0 aliphatic carbocycles. The van der Waals surface area contributed by atoms with Gasteiger partial charge in [0.05, 0.1) is 10.6 Å². The van der Waals surface area contributed by atoms with E-state index in [1.54, 1.807) is 0 Å². The number of nitrogens with one attached hydrogen (secondary N) is 1. The highest BCUT2D eigenvalue weighted by atomic mass is 16.6. The Balaban J connectivity index is 1.86. The molecule has 156 valence electrons. The second kappa shape index (κ2) is 8.79. The number of anilines is 4. The van der Waals surface area contributed by atoms with Crippen molar-refractivity contribution >= 4 is 39.5 Å². The molecule has 4 rings (SSSR count). The van der Waals surface area contributed by atoms with E-state index in [0.717, 1.165) is 34.1 Å². The molecule has 0 fully saturated rings. The van der Waals surface area contributed by atoms with Crippen molar-refractivity contribution in [1.29, 1.82) is 0 Å². The second-order valence-electron chi connectivity index (χ2n) is 7.03. The third-order valence-electron chi connectivity index (χ3n) is 5.27. The van der Waals surface area contributed by atoms with Gasteiger partial charge in [-0.05, 0) is 36.4 Å². The van der Waals surface area contributed by atoms with Crippen LogP contribution >= 0.6 is 0 Å². The summed E-state index contributed by atoms with van der Waals surface area (Å²) in [6.07, 6.45) is 2.17. The first-order valence-electron chi connectivity index (χ1n) is 10.2. The van der Waals surface area contributed by atoms with Gasteiger partial charge >= 0.3 is 5.69 Å². The number of hydrogen-bond donors (Lipinski definition) is 1. The summed E-state index contributed by atoms with van der Waals surface area (Å²) in [5, 5.41) is 17.4. The molecule has 1 N–H and O–H groups in total. The van der Waals surface area contributed by atoms with Crippen LogP contribution in [0.3, 0.4) is 0 Å². The average Bonchev–Trinajstić information content (AvgIpc) is 2.80. The molecule has 1 heterocycles. The van der Waals surface area contributed by atoms with Gasteiger partial charge in [0.2, 0.25) is 11.6 Å². The number of benzene rings is 3. The maximum absolute atomic E-state index is 12.2. The van der Waals surface area contributed by atoms with Gasteiger partial charge in [0.25, 0.3) is 0 Å². The minimum absolute atomic E-state index is 0.150. The van der Waals surface area contributed by atoms with Gasteiger partial charge in [0, 0.05) is 17.6 Å². The summed E-state index contributed by atoms with van der Waals surface area (Å²) in [6, 6.07) is 21.6. The lowest BCUT2D eigenvalue weighted by molar-refractivity contribution is -0.383. The summed E-state index contributed by atoms with van der Waals surface area (Å²) in [6.45, 7) is 4.50. The predicted molar refractivity (Wildman–Crippen MR) is 124 cm³/mol. The minimum Gasteiger partial charge on any atom is -0.334 e. The van der Waals surface area contributed by atoms with E-state index in [1.165, 1.54) is 6.33 Å². The molecule has 0 aliphatic heterocycles. The zero-order valence-corrected chi connectivity index (χ0v) is 17.4. The van der Waals surface area contributed by atoms with E-state index < -0.39 is 4.92 Å². The van der Waals surface area contributed by atoms with E-state index in [0.29, 0.717) is 6.54 Å². The van der Waals surface area contributed by atoms with Crippen molar-refractivity contribution in [2.45, 2.75) is 20.3 Å². The minimum atomic E-state index is -0.417. The summed E-state index contributed by atoms with van der Waals surface area (Å²) in [7, 11) is 0. The molecule has 1 aromatic heterocycles. The molecule has 0 unspecified atom stereocenters. The lowest BCUT2D eigenvalue weighted by Crippen LogP contribution is -2.20. The van der Waals surface area contributed by atoms with Crippen molar-refractivity contribution in [2.75, 3.05) is 16.8 Å². The number of fused-ring (bicyclic) bond motifs is 1. The number of hydrogen-bond acceptors (Lipinski definition) is 6. The molecular weight excluding hydrogens is 390 g/mol. The summed E-state index contributed by atoms with van der Waals surface area (Å²) in [5.41, 5.74) is 2.56. The van der Waals surface area contributed by atoms with Crippen molar-refractivity contribution in [3.05, 3.63) is 88.7 Å². The number of nitrogens with zero attached hydrogens (tertiary/aromatic N) is 4. The van der Waals surface area contributed by atoms with Crippen molar-refractivity contribution in [3.8, 4) is 0 Å². The molecule has 0 atom stereocenters. The van der Waals surface area contributed by atoms with Crippen molar-refractivity contribution in [3.63, 3.8) is 0 Å². The molecule has 31 heavy (non-hydrogen) atoms. The summed E-state index contributed by atoms with van der Waals surface area (Å²) in [5.74, 6) is 0.435. The molecule has 0 amide bonds. The molecule has 7 nitrogen and oxygen atoms in total. The van der Waals surface area contributed by atoms with Crippen LogP contribution in [0.15, 0.2) is 73.1 Å². The Morgan fingerprint density at radius 3 is 2.48 bits per heavy atom. The smallest absolute Gasteiger partial charge is 0.334 e. The van der Waals surface area contributed by atoms with Crippen LogP contribution in [-0.4, -0.2) is 21.4 Å². The topological polar surface area (TPSA) is 84.2 Å². The zero-order valence-electron chi connectivity index (χ0n) is 17.4. The van der Waals surface area contributed by atoms with E-state index in [1.807, 2.05) is 85.5 Å². The Morgan fingerprint density at radius 1 is 0.968 bits per heavy atom. The molecule has 0 saturated carbocycles. The quantitative estimate of drug-likeness (QED) is 0.295. The van der Waals surface area contributed by atoms with Crippen LogP contribution in [0.1, 0.15) is 19.4 Å². The van der Waals surface area contributed by atoms with Gasteiger partial charge in [-0.1, -0.05) is 61.5 Å². The highest BCUT2D eigenvalue weighted by Gasteiger charge is 2.28. The molecule has 3 aromatic carbocycles. The molecule has 0 saturated heterocycles. The summed E-state index contributed by atoms with van der Waals surface area (Å²) >= 11 is 0. The van der Waals surface area contributed by atoms with Gasteiger partial charge in [-0.3, -0.25) is 10.1 Å². The Kier molecular flexibility index (Phi) is 5.75. The average molecular weight is 413 g/mol. The maximum atomic E-state index is 12.2. The molecule has 0 bridgehead atoms. The Morgan fingerprint density at radius 2 is 1.71 bits per heavy atom. The van der Waals surface area contributed by atoms with Gasteiger partial charge in [0.1, 0.15) is 6.33 Å². The largest absolute Gasteiger partial charge is 0.354 e. The lowest BCUT2D eigenvalue weighted by Gasteiger charge is -2.24. The zero-order chi connectivity index (χ0) is 21.8. The molecule has 4 aromatic rings. The summed E-state index contributed by atoms with van der Waals surface area (Å²) < 4.78 is 0. The van der Waals surface area contributed by atoms with E-state index in [2.05, 4.69) is 15.3 Å². The number of rotatable bonds is 7. The van der Waals surface area contributed by atoms with Crippen LogP contribution in [0.4, 0.5) is 28.7 Å². The molecule has 0 aliphatic rings. The monoisotopic (exact) mass is 413 g/mol. The maximum Gasteiger partial charge on any atom is 0.354 e. The normalized spacial score (nSPS) is 10.8. The number of aryl methyl sites for hydroxylation is 1. The van der Waals surface area contributed by atoms with Gasteiger partial charge in [-0.25, -0.2) is 9.97 Å². The third-order valence-corrected chi connectivity index (χ3v) is 5.27. The second-order valence-corrected chi connectivity index (χ2v) is 7.03. The van der Waals surface area contributed by atoms with E-state index in [-0.39, 0.29) is 17.3 Å². The Hall–Kier alpha value is -4.00. The Labute approximate surface area is 180 Å². The number of nitro groups is 1. The SMILES string of the molecule is CCc1ccccc1Nc1ncnc(N(CC)c2cccc3ccccc23)c1[N+](=O)[O-]. The summed E-state index contributed by atoms with van der Waals surface area (Å²) in [4.78, 5) is 22.2. The van der Waals surface area contributed by atoms with Crippen molar-refractivity contribution in [1.82, 2.24) is 9.97 Å². The van der Waals surface area contributed by atoms with Gasteiger partial charge in [-0.15, -0.1) is 0 Å². The van der Waals surface area contributed by atoms with E-state index in [9.17, 15) is 10.1 Å². The molecule has 0 radical (unpaired) electrons. The van der Waals surface area contributed by atoms with Crippen molar-refractivity contribution in [2.24, 2.45) is 0 Å². The highest BCUT2D eigenvalue weighted by Crippen LogP contribution is 2.39. The first-order chi connectivity index (χ1) is 15.1. The third kappa shape index (κ3) is 3.90. The fraction of sp³-hybridized carbons (Fsp3) is 0.167. The Bertz CT molecular complexity index is 1240. The van der Waals surface area contributed by atoms with E-state index >= 15 is 0 Å². The van der Waals surface area contributed by atoms with Crippen LogP contribution < -0.4 is 10.2 Å². The lowest BCUT2D eigenvalue weighted by atomic mass is 10.1. The number of para-hydroxylation sites is 1. The van der Waals surface area contributed by atoms with Crippen LogP contribution in [0.25, 0.3) is 10.8 Å². The standard InChI is InChI=1S/C24H23N5O2/c1-3-17-10-6-8-14-20(17)27-23-22(29(30)31)24(26-16-25-23)28(4-2)21-15-9-12-18-11-5-7-13-19(18)21/h5-16H,3-4H2,1-2H3,(H,25,26,27). The van der Waals surface area contributed by atoms with Crippen molar-refractivity contribution < 1.29 is 4.92 Å². The van der Waals surface area contributed by atoms with Crippen LogP contribution in [0, 0.1) is 10.1 Å². The van der Waals surface area contributed by atoms with Gasteiger partial charge < -0.3 is 10.2 Å². The highest BCUT2D eigenvalue weighted by molar-refractivity contribution is 5.97. The molecular formula is C24H23N5O2. The first-order valence-corrected chi connectivity index (χ1v) is 10.2. The van der Waals surface area contributed by atoms with Crippen LogP contribution in [0.5, 0.6) is 0 Å². The molecule has 7 heteroatoms. The fourth-order valence-electron chi connectivity index (χ4n) is 3.78. The van der Waals surface area contributed by atoms with Crippen LogP contribution in [0.2, 0.25) is 0 Å². The predicted octanol–water partition coefficient (Wildman–Crippen LogP) is 6.00. The van der Waals surface area contributed by atoms with Crippen LogP contribution in [-0.2, 0) is 6.42 Å². The van der Waals surface area contributed by atoms with E-state index in [4.69, 9.17) is 0 Å². The van der Waals surface area contributed by atoms with Gasteiger partial charge in [-0.2, -0.15) is 0 Å². The number of aromatic nitrogens is 2. The first kappa shape index (κ1) is 20.3. The van der Waals surface area contributed by atoms with Gasteiger partial charge in [0.15, 0.2) is 0 Å².